The highest BCUT2D eigenvalue weighted by Gasteiger charge is 2.59. The lowest BCUT2D eigenvalue weighted by atomic mass is 9.79. The predicted molar refractivity (Wildman–Crippen MR) is 102 cm³/mol. The minimum absolute atomic E-state index is 0.291. The number of nitrogens with one attached hydrogen (secondary N) is 1. The molecule has 1 fully saturated rings. The van der Waals surface area contributed by atoms with Gasteiger partial charge in [-0.3, -0.25) is 4.79 Å². The van der Waals surface area contributed by atoms with Gasteiger partial charge in [0.15, 0.2) is 10.8 Å². The van der Waals surface area contributed by atoms with Crippen LogP contribution in [0, 0.1) is 5.92 Å². The first-order valence-corrected chi connectivity index (χ1v) is 9.75. The second-order valence-electron chi connectivity index (χ2n) is 5.86. The third-order valence-corrected chi connectivity index (χ3v) is 5.89. The average molecular weight is 478 g/mol. The van der Waals surface area contributed by atoms with Crippen LogP contribution in [-0.2, 0) is 9.53 Å². The maximum atomic E-state index is 12.7. The molecule has 2 aliphatic rings. The number of hydrogen-bond donors (Lipinski definition) is 1. The van der Waals surface area contributed by atoms with Crippen LogP contribution in [0.5, 0.6) is 5.75 Å². The summed E-state index contributed by atoms with van der Waals surface area (Å²) < 4.78 is 13.4. The van der Waals surface area contributed by atoms with E-state index in [0.29, 0.717) is 18.3 Å². The van der Waals surface area contributed by atoms with E-state index in [1.807, 2.05) is 30.9 Å². The van der Waals surface area contributed by atoms with Crippen LogP contribution in [0.4, 0.5) is 0 Å². The van der Waals surface area contributed by atoms with Crippen molar-refractivity contribution in [2.75, 3.05) is 13.2 Å². The van der Waals surface area contributed by atoms with Gasteiger partial charge in [0.05, 0.1) is 17.1 Å². The summed E-state index contributed by atoms with van der Waals surface area (Å²) >= 11 is 12.6. The van der Waals surface area contributed by atoms with E-state index in [2.05, 4.69) is 37.2 Å². The molecule has 1 saturated heterocycles. The summed E-state index contributed by atoms with van der Waals surface area (Å²) in [5.74, 6) is -0.0994. The molecule has 8 heteroatoms. The zero-order valence-corrected chi connectivity index (χ0v) is 17.5. The van der Waals surface area contributed by atoms with Crippen LogP contribution in [-0.4, -0.2) is 34.9 Å². The molecule has 130 valence electrons. The first kappa shape index (κ1) is 17.9. The van der Waals surface area contributed by atoms with Crippen molar-refractivity contribution in [1.29, 1.82) is 0 Å². The lowest BCUT2D eigenvalue weighted by Crippen LogP contribution is -2.71. The maximum absolute atomic E-state index is 12.7. The Labute approximate surface area is 163 Å². The van der Waals surface area contributed by atoms with Crippen molar-refractivity contribution in [2.24, 2.45) is 5.92 Å². The molecule has 2 heterocycles. The van der Waals surface area contributed by atoms with Crippen LogP contribution >= 0.6 is 44.1 Å². The number of fused-ring (bicyclic) bond motifs is 4. The van der Waals surface area contributed by atoms with Gasteiger partial charge in [-0.15, -0.1) is 0 Å². The third kappa shape index (κ3) is 2.63. The second-order valence-corrected chi connectivity index (χ2v) is 8.02. The van der Waals surface area contributed by atoms with Crippen LogP contribution in [0.3, 0.4) is 0 Å². The molecule has 0 radical (unpaired) electrons. The fourth-order valence-corrected chi connectivity index (χ4v) is 5.30. The number of carbonyl (C=O) groups is 1. The van der Waals surface area contributed by atoms with Crippen molar-refractivity contribution in [3.8, 4) is 5.75 Å². The lowest BCUT2D eigenvalue weighted by Gasteiger charge is -2.55. The number of ether oxygens (including phenoxy) is 2. The Balaban J connectivity index is 2.20. The van der Waals surface area contributed by atoms with E-state index in [1.165, 1.54) is 0 Å². The zero-order chi connectivity index (χ0) is 17.6. The van der Waals surface area contributed by atoms with Crippen molar-refractivity contribution in [3.63, 3.8) is 0 Å². The molecule has 3 rings (SSSR count). The standard InChI is InChI=1S/C16H18Br2N2O3S/c1-4-20-15(24)19-12-9-6-8(17)7-10(18)13(9)23-16(20,3)11(12)14(21)22-5-2/h6-7,11-12H,4-5H2,1-3H3,(H,19,24). The smallest absolute Gasteiger partial charge is 0.317 e. The second kappa shape index (κ2) is 6.46. The van der Waals surface area contributed by atoms with Crippen molar-refractivity contribution >= 4 is 55.2 Å². The van der Waals surface area contributed by atoms with Gasteiger partial charge in [-0.25, -0.2) is 0 Å². The molecule has 3 atom stereocenters. The van der Waals surface area contributed by atoms with Crippen LogP contribution in [0.25, 0.3) is 0 Å². The molecule has 0 amide bonds. The number of halogens is 2. The van der Waals surface area contributed by atoms with Gasteiger partial charge in [0.1, 0.15) is 11.7 Å². The number of carbonyl (C=O) groups excluding carboxylic acids is 1. The molecular weight excluding hydrogens is 460 g/mol. The Morgan fingerprint density at radius 1 is 1.46 bits per heavy atom. The summed E-state index contributed by atoms with van der Waals surface area (Å²) in [6.07, 6.45) is 0. The average Bonchev–Trinajstić information content (AvgIpc) is 2.48. The Morgan fingerprint density at radius 3 is 2.79 bits per heavy atom. The minimum Gasteiger partial charge on any atom is -0.466 e. The van der Waals surface area contributed by atoms with Gasteiger partial charge in [-0.2, -0.15) is 0 Å². The number of benzene rings is 1. The third-order valence-electron chi connectivity index (χ3n) is 4.51. The van der Waals surface area contributed by atoms with E-state index < -0.39 is 11.6 Å². The maximum Gasteiger partial charge on any atom is 0.317 e. The highest BCUT2D eigenvalue weighted by atomic mass is 79.9. The van der Waals surface area contributed by atoms with E-state index >= 15 is 0 Å². The van der Waals surface area contributed by atoms with Crippen LogP contribution in [0.2, 0.25) is 0 Å². The van der Waals surface area contributed by atoms with Crippen molar-refractivity contribution in [3.05, 3.63) is 26.6 Å². The van der Waals surface area contributed by atoms with Crippen molar-refractivity contribution in [1.82, 2.24) is 10.2 Å². The van der Waals surface area contributed by atoms with Gasteiger partial charge in [0.25, 0.3) is 0 Å². The van der Waals surface area contributed by atoms with Gasteiger partial charge in [-0.1, -0.05) is 15.9 Å². The van der Waals surface area contributed by atoms with E-state index in [9.17, 15) is 4.79 Å². The molecular formula is C16H18Br2N2O3S. The highest BCUT2D eigenvalue weighted by molar-refractivity contribution is 9.11. The number of thiocarbonyl (C=S) groups is 1. The summed E-state index contributed by atoms with van der Waals surface area (Å²) in [6, 6.07) is 3.58. The summed E-state index contributed by atoms with van der Waals surface area (Å²) in [6.45, 7) is 6.63. The summed E-state index contributed by atoms with van der Waals surface area (Å²) in [5.41, 5.74) is -0.0259. The normalized spacial score (nSPS) is 27.9. The topological polar surface area (TPSA) is 50.8 Å². The number of esters is 1. The molecule has 1 aromatic rings. The Morgan fingerprint density at radius 2 is 2.17 bits per heavy atom. The molecule has 0 aliphatic carbocycles. The summed E-state index contributed by atoms with van der Waals surface area (Å²) in [4.78, 5) is 14.6. The van der Waals surface area contributed by atoms with E-state index in [0.717, 1.165) is 20.3 Å². The quantitative estimate of drug-likeness (QED) is 0.528. The summed E-state index contributed by atoms with van der Waals surface area (Å²) in [5, 5.41) is 3.89. The van der Waals surface area contributed by atoms with Crippen molar-refractivity contribution < 1.29 is 14.3 Å². The van der Waals surface area contributed by atoms with E-state index in [-0.39, 0.29) is 12.0 Å². The largest absolute Gasteiger partial charge is 0.466 e. The van der Waals surface area contributed by atoms with Gasteiger partial charge in [-0.05, 0) is 61.1 Å². The molecule has 2 aliphatic heterocycles. The van der Waals surface area contributed by atoms with E-state index in [1.54, 1.807) is 6.92 Å². The van der Waals surface area contributed by atoms with Gasteiger partial charge in [0.2, 0.25) is 0 Å². The number of hydrogen-bond acceptors (Lipinski definition) is 4. The molecule has 0 saturated carbocycles. The van der Waals surface area contributed by atoms with Crippen LogP contribution in [0.15, 0.2) is 21.1 Å². The molecule has 2 bridgehead atoms. The monoisotopic (exact) mass is 476 g/mol. The Hall–Kier alpha value is -0.860. The summed E-state index contributed by atoms with van der Waals surface area (Å²) in [7, 11) is 0. The van der Waals surface area contributed by atoms with Gasteiger partial charge in [0, 0.05) is 16.6 Å². The fourth-order valence-electron chi connectivity index (χ4n) is 3.52. The molecule has 1 N–H and O–H groups in total. The molecule has 0 aromatic heterocycles. The molecule has 5 nitrogen and oxygen atoms in total. The van der Waals surface area contributed by atoms with E-state index in [4.69, 9.17) is 21.7 Å². The SMILES string of the molecule is CCOC(=O)C1C2NC(=S)N(CC)C1(C)Oc1c(Br)cc(Br)cc12. The Kier molecular flexibility index (Phi) is 4.83. The minimum atomic E-state index is -0.905. The lowest BCUT2D eigenvalue weighted by molar-refractivity contribution is -0.175. The molecule has 1 aromatic carbocycles. The predicted octanol–water partition coefficient (Wildman–Crippen LogP) is 3.75. The fraction of sp³-hybridized carbons (Fsp3) is 0.500. The first-order chi connectivity index (χ1) is 11.3. The molecule has 24 heavy (non-hydrogen) atoms. The first-order valence-electron chi connectivity index (χ1n) is 7.76. The van der Waals surface area contributed by atoms with Gasteiger partial charge < -0.3 is 19.7 Å². The highest BCUT2D eigenvalue weighted by Crippen LogP contribution is 2.51. The number of nitrogens with zero attached hydrogens (tertiary/aromatic N) is 1. The van der Waals surface area contributed by atoms with Crippen LogP contribution < -0.4 is 10.1 Å². The zero-order valence-electron chi connectivity index (χ0n) is 13.6. The van der Waals surface area contributed by atoms with Gasteiger partial charge >= 0.3 is 5.97 Å². The van der Waals surface area contributed by atoms with Crippen molar-refractivity contribution in [2.45, 2.75) is 32.5 Å². The van der Waals surface area contributed by atoms with Crippen LogP contribution in [0.1, 0.15) is 32.4 Å². The number of rotatable bonds is 3. The molecule has 3 unspecified atom stereocenters. The molecule has 0 spiro atoms. The Bertz CT molecular complexity index is 715.